The van der Waals surface area contributed by atoms with Gasteiger partial charge in [0, 0.05) is 29.8 Å². The third-order valence-corrected chi connectivity index (χ3v) is 5.64. The average Bonchev–Trinajstić information content (AvgIpc) is 2.80. The van der Waals surface area contributed by atoms with Gasteiger partial charge >= 0.3 is 0 Å². The zero-order chi connectivity index (χ0) is 23.3. The van der Waals surface area contributed by atoms with Crippen LogP contribution in [-0.2, 0) is 9.47 Å². The monoisotopic (exact) mass is 463 g/mol. The quantitative estimate of drug-likeness (QED) is 0.520. The number of methoxy groups -OCH3 is 1. The first-order chi connectivity index (χ1) is 15.4. The van der Waals surface area contributed by atoms with E-state index in [1.54, 1.807) is 18.2 Å². The molecule has 0 aromatic heterocycles. The first kappa shape index (κ1) is 24.6. The molecule has 0 saturated carbocycles. The van der Waals surface area contributed by atoms with Gasteiger partial charge < -0.3 is 29.5 Å². The molecule has 0 unspecified atom stereocenters. The molecule has 0 spiro atoms. The highest BCUT2D eigenvalue weighted by Gasteiger charge is 2.44. The fourth-order valence-corrected chi connectivity index (χ4v) is 3.86. The van der Waals surface area contributed by atoms with E-state index < -0.39 is 30.7 Å². The molecular weight excluding hydrogens is 434 g/mol. The van der Waals surface area contributed by atoms with Crippen LogP contribution in [0.25, 0.3) is 0 Å². The molecule has 1 heterocycles. The summed E-state index contributed by atoms with van der Waals surface area (Å²) < 4.78 is 16.4. The Hall–Kier alpha value is -2.00. The number of hydrogen-bond donors (Lipinski definition) is 3. The molecule has 2 aromatic rings. The highest BCUT2D eigenvalue weighted by atomic mass is 35.5. The molecule has 3 N–H and O–H groups in total. The van der Waals surface area contributed by atoms with Gasteiger partial charge in [0.25, 0.3) is 0 Å². The fraction of sp³-hybridized carbons (Fsp3) is 0.458. The van der Waals surface area contributed by atoms with E-state index in [1.807, 2.05) is 38.1 Å². The lowest BCUT2D eigenvalue weighted by atomic mass is 9.91. The lowest BCUT2D eigenvalue weighted by molar-refractivity contribution is -0.292. The van der Waals surface area contributed by atoms with Crippen LogP contribution in [0, 0.1) is 0 Å². The van der Waals surface area contributed by atoms with E-state index in [2.05, 4.69) is 0 Å². The summed E-state index contributed by atoms with van der Waals surface area (Å²) in [7, 11) is 1.37. The minimum Gasteiger partial charge on any atom is -0.494 e. The Kier molecular flexibility index (Phi) is 8.64. The summed E-state index contributed by atoms with van der Waals surface area (Å²) in [5.41, 5.74) is 2.83. The van der Waals surface area contributed by atoms with E-state index in [-0.39, 0.29) is 0 Å². The highest BCUT2D eigenvalue weighted by Crippen LogP contribution is 2.35. The Bertz CT molecular complexity index is 917. The van der Waals surface area contributed by atoms with Crippen molar-refractivity contribution in [1.82, 2.24) is 0 Å². The van der Waals surface area contributed by atoms with E-state index in [0.29, 0.717) is 35.0 Å². The van der Waals surface area contributed by atoms with Crippen LogP contribution in [0.2, 0.25) is 5.02 Å². The molecule has 1 saturated heterocycles. The van der Waals surface area contributed by atoms with Crippen LogP contribution < -0.4 is 4.74 Å². The molecule has 0 aliphatic carbocycles. The number of aliphatic hydroxyl groups excluding tert-OH is 3. The van der Waals surface area contributed by atoms with Crippen LogP contribution in [-0.4, -0.2) is 65.9 Å². The summed E-state index contributed by atoms with van der Waals surface area (Å²) in [4.78, 5) is 4.76. The molecule has 0 amide bonds. The molecule has 0 bridgehead atoms. The van der Waals surface area contributed by atoms with Gasteiger partial charge in [0.2, 0.25) is 0 Å². The van der Waals surface area contributed by atoms with Gasteiger partial charge in [-0.25, -0.2) is 0 Å². The van der Waals surface area contributed by atoms with Crippen LogP contribution in [0.3, 0.4) is 0 Å². The van der Waals surface area contributed by atoms with Crippen LogP contribution in [0.4, 0.5) is 0 Å². The van der Waals surface area contributed by atoms with Crippen LogP contribution in [0.15, 0.2) is 47.5 Å². The topological polar surface area (TPSA) is 101 Å². The van der Waals surface area contributed by atoms with Gasteiger partial charge in [-0.3, -0.25) is 4.99 Å². The molecule has 1 fully saturated rings. The van der Waals surface area contributed by atoms with E-state index in [1.165, 1.54) is 7.11 Å². The molecule has 1 aliphatic rings. The van der Waals surface area contributed by atoms with Crippen molar-refractivity contribution in [1.29, 1.82) is 0 Å². The molecule has 1 aliphatic heterocycles. The van der Waals surface area contributed by atoms with Gasteiger partial charge in [-0.05, 0) is 55.3 Å². The van der Waals surface area contributed by atoms with Gasteiger partial charge in [-0.2, -0.15) is 0 Å². The second-order valence-electron chi connectivity index (χ2n) is 7.56. The Balaban J connectivity index is 2.01. The number of aliphatic imine (C=N–C) groups is 1. The summed E-state index contributed by atoms with van der Waals surface area (Å²) in [6.45, 7) is 5.17. The minimum atomic E-state index is -1.42. The zero-order valence-corrected chi connectivity index (χ0v) is 19.2. The highest BCUT2D eigenvalue weighted by molar-refractivity contribution is 6.35. The standard InChI is InChI=1S/C24H30ClNO6/c1-4-12-26-19(14-6-9-16(10-7-14)31-5-2)17-13-15(8-11-18(17)25)23-21(28)20(27)22(29)24(30-3)32-23/h6-11,13,20-24,27-29H,4-5,12H2,1-3H3/t20-,21-,22+,23+,24+/m1/s1. The molecule has 5 atom stereocenters. The predicted octanol–water partition coefficient (Wildman–Crippen LogP) is 3.11. The molecule has 8 heteroatoms. The molecule has 3 rings (SSSR count). The Morgan fingerprint density at radius 2 is 1.75 bits per heavy atom. The summed E-state index contributed by atoms with van der Waals surface area (Å²) in [6, 6.07) is 12.8. The second-order valence-corrected chi connectivity index (χ2v) is 7.97. The van der Waals surface area contributed by atoms with Crippen molar-refractivity contribution in [2.24, 2.45) is 4.99 Å². The maximum Gasteiger partial charge on any atom is 0.186 e. The van der Waals surface area contributed by atoms with Gasteiger partial charge in [0.1, 0.15) is 30.2 Å². The number of benzene rings is 2. The number of halogens is 1. The van der Waals surface area contributed by atoms with Gasteiger partial charge in [0.15, 0.2) is 6.29 Å². The van der Waals surface area contributed by atoms with Crippen molar-refractivity contribution in [3.63, 3.8) is 0 Å². The Morgan fingerprint density at radius 3 is 2.38 bits per heavy atom. The first-order valence-electron chi connectivity index (χ1n) is 10.7. The molecule has 32 heavy (non-hydrogen) atoms. The SMILES string of the molecule is CCCN=C(c1ccc(OCC)cc1)c1cc([C@@H]2O[C@H](OC)[C@@H](O)[C@H](O)[C@H]2O)ccc1Cl. The predicted molar refractivity (Wildman–Crippen MR) is 123 cm³/mol. The molecule has 0 radical (unpaired) electrons. The van der Waals surface area contributed by atoms with Gasteiger partial charge in [-0.15, -0.1) is 0 Å². The van der Waals surface area contributed by atoms with Crippen molar-refractivity contribution in [3.05, 3.63) is 64.2 Å². The van der Waals surface area contributed by atoms with E-state index in [0.717, 1.165) is 17.7 Å². The van der Waals surface area contributed by atoms with Crippen molar-refractivity contribution >= 4 is 17.3 Å². The van der Waals surface area contributed by atoms with Gasteiger partial charge in [0.05, 0.1) is 12.3 Å². The number of rotatable bonds is 8. The third-order valence-electron chi connectivity index (χ3n) is 5.31. The molecule has 174 valence electrons. The summed E-state index contributed by atoms with van der Waals surface area (Å²) >= 11 is 6.56. The third kappa shape index (κ3) is 5.31. The Morgan fingerprint density at radius 1 is 1.03 bits per heavy atom. The summed E-state index contributed by atoms with van der Waals surface area (Å²) in [5, 5.41) is 31.3. The number of nitrogens with zero attached hydrogens (tertiary/aromatic N) is 1. The molecular formula is C24H30ClNO6. The zero-order valence-electron chi connectivity index (χ0n) is 18.4. The van der Waals surface area contributed by atoms with E-state index >= 15 is 0 Å². The number of ether oxygens (including phenoxy) is 3. The number of hydrogen-bond acceptors (Lipinski definition) is 7. The largest absolute Gasteiger partial charge is 0.494 e. The van der Waals surface area contributed by atoms with Crippen molar-refractivity contribution in [3.8, 4) is 5.75 Å². The fourth-order valence-electron chi connectivity index (χ4n) is 3.65. The lowest BCUT2D eigenvalue weighted by Crippen LogP contribution is -2.54. The Labute approximate surface area is 193 Å². The summed E-state index contributed by atoms with van der Waals surface area (Å²) in [6.07, 6.45) is -5.24. The van der Waals surface area contributed by atoms with E-state index in [9.17, 15) is 15.3 Å². The molecule has 2 aromatic carbocycles. The van der Waals surface area contributed by atoms with Crippen molar-refractivity contribution in [2.45, 2.75) is 51.0 Å². The smallest absolute Gasteiger partial charge is 0.186 e. The first-order valence-corrected chi connectivity index (χ1v) is 11.1. The molecule has 7 nitrogen and oxygen atoms in total. The van der Waals surface area contributed by atoms with Crippen molar-refractivity contribution < 1.29 is 29.5 Å². The van der Waals surface area contributed by atoms with Crippen LogP contribution in [0.1, 0.15) is 43.1 Å². The van der Waals surface area contributed by atoms with Crippen LogP contribution in [0.5, 0.6) is 5.75 Å². The average molecular weight is 464 g/mol. The second kappa shape index (κ2) is 11.2. The van der Waals surface area contributed by atoms with Gasteiger partial charge in [-0.1, -0.05) is 24.6 Å². The lowest BCUT2D eigenvalue weighted by Gasteiger charge is -2.40. The van der Waals surface area contributed by atoms with E-state index in [4.69, 9.17) is 30.8 Å². The maximum absolute atomic E-state index is 10.5. The summed E-state index contributed by atoms with van der Waals surface area (Å²) in [5.74, 6) is 0.766. The normalized spacial score (nSPS) is 26.2. The van der Waals surface area contributed by atoms with Crippen molar-refractivity contribution in [2.75, 3.05) is 20.3 Å². The minimum absolute atomic E-state index is 0.492. The maximum atomic E-state index is 10.5. The van der Waals surface area contributed by atoms with Crippen LogP contribution >= 0.6 is 11.6 Å². The number of aliphatic hydroxyl groups is 3.